The van der Waals surface area contributed by atoms with Gasteiger partial charge in [0.2, 0.25) is 0 Å². The third-order valence-electron chi connectivity index (χ3n) is 7.76. The molecule has 13 heteroatoms. The van der Waals surface area contributed by atoms with Gasteiger partial charge in [0.15, 0.2) is 11.5 Å². The maximum Gasteiger partial charge on any atom is 0.327 e. The monoisotopic (exact) mass is 625 g/mol. The number of hydrogen-bond acceptors (Lipinski definition) is 10. The maximum absolute atomic E-state index is 12.9. The zero-order chi connectivity index (χ0) is 32.6. The molecule has 0 radical (unpaired) electrons. The van der Waals surface area contributed by atoms with Crippen LogP contribution >= 0.6 is 0 Å². The quantitative estimate of drug-likeness (QED) is 0.167. The molecule has 1 saturated heterocycles. The summed E-state index contributed by atoms with van der Waals surface area (Å²) >= 11 is 0. The summed E-state index contributed by atoms with van der Waals surface area (Å²) in [6.45, 7) is 11.7. The van der Waals surface area contributed by atoms with Gasteiger partial charge in [-0.05, 0) is 57.6 Å². The average molecular weight is 626 g/mol. The molecule has 0 unspecified atom stereocenters. The lowest BCUT2D eigenvalue weighted by Gasteiger charge is -2.38. The van der Waals surface area contributed by atoms with Gasteiger partial charge in [-0.3, -0.25) is 24.0 Å². The van der Waals surface area contributed by atoms with Gasteiger partial charge in [-0.1, -0.05) is 37.6 Å². The van der Waals surface area contributed by atoms with E-state index in [4.69, 9.17) is 15.2 Å². The van der Waals surface area contributed by atoms with E-state index in [0.29, 0.717) is 43.8 Å². The van der Waals surface area contributed by atoms with Crippen molar-refractivity contribution in [3.8, 4) is 6.01 Å². The van der Waals surface area contributed by atoms with Crippen molar-refractivity contribution >= 4 is 28.9 Å². The van der Waals surface area contributed by atoms with E-state index in [9.17, 15) is 19.5 Å². The normalized spacial score (nSPS) is 14.7. The molecule has 246 valence electrons. The molecule has 0 bridgehead atoms. The zero-order valence-corrected chi connectivity index (χ0v) is 26.9. The Morgan fingerprint density at radius 1 is 1.16 bits per heavy atom. The highest BCUT2D eigenvalue weighted by Gasteiger charge is 2.27. The number of carboxylic acids is 1. The van der Waals surface area contributed by atoms with Crippen LogP contribution in [-0.4, -0.2) is 90.8 Å². The van der Waals surface area contributed by atoms with Gasteiger partial charge >= 0.3 is 23.6 Å². The van der Waals surface area contributed by atoms with Crippen molar-refractivity contribution in [2.75, 3.05) is 38.5 Å². The van der Waals surface area contributed by atoms with E-state index >= 15 is 0 Å². The number of benzene rings is 1. The number of esters is 1. The minimum Gasteiger partial charge on any atom is -0.481 e. The number of carbonyl (C=O) groups excluding carboxylic acids is 1. The number of carbonyl (C=O) groups is 2. The van der Waals surface area contributed by atoms with Crippen LogP contribution in [0.4, 0.5) is 5.82 Å². The first-order valence-corrected chi connectivity index (χ1v) is 15.8. The molecular weight excluding hydrogens is 578 g/mol. The van der Waals surface area contributed by atoms with Crippen LogP contribution in [0.3, 0.4) is 0 Å². The predicted molar refractivity (Wildman–Crippen MR) is 171 cm³/mol. The number of aromatic nitrogens is 4. The fraction of sp³-hybridized carbons (Fsp3) is 0.594. The molecule has 3 heterocycles. The number of rotatable bonds is 15. The number of piperidine rings is 1. The molecule has 0 saturated carbocycles. The zero-order valence-electron chi connectivity index (χ0n) is 26.9. The predicted octanol–water partition coefficient (Wildman–Crippen LogP) is 3.21. The van der Waals surface area contributed by atoms with Crippen molar-refractivity contribution in [2.24, 2.45) is 0 Å². The molecule has 0 atom stereocenters. The molecule has 4 N–H and O–H groups in total. The first-order valence-electron chi connectivity index (χ1n) is 15.8. The summed E-state index contributed by atoms with van der Waals surface area (Å²) in [5, 5.41) is 9.28. The van der Waals surface area contributed by atoms with Crippen molar-refractivity contribution in [3.63, 3.8) is 0 Å². The van der Waals surface area contributed by atoms with E-state index in [-0.39, 0.29) is 42.5 Å². The van der Waals surface area contributed by atoms with Gasteiger partial charge in [0.1, 0.15) is 11.1 Å². The second kappa shape index (κ2) is 15.3. The average Bonchev–Trinajstić information content (AvgIpc) is 3.27. The van der Waals surface area contributed by atoms with Gasteiger partial charge in [0, 0.05) is 38.8 Å². The smallest absolute Gasteiger partial charge is 0.327 e. The second-order valence-electron chi connectivity index (χ2n) is 12.7. The van der Waals surface area contributed by atoms with E-state index in [0.717, 1.165) is 49.9 Å². The number of H-pyrrole nitrogens is 1. The standard InChI is InChI=1S/C32H47N7O6/c1-5-6-17-44-30-35-28(33)27-29(36-30)39(31(43)34-27)14-8-13-38(20-23-10-7-9-22(18-23)19-25(40)41)24-11-15-37(16-12-24)21-26(42)45-32(2,3)4/h7,9-10,18,24H,5-6,8,11-17,19-21H2,1-4H3,(H,34,43)(H,40,41)(H2,33,35,36). The van der Waals surface area contributed by atoms with Crippen LogP contribution in [0.2, 0.25) is 0 Å². The van der Waals surface area contributed by atoms with E-state index in [1.165, 1.54) is 0 Å². The van der Waals surface area contributed by atoms with Crippen molar-refractivity contribution in [1.82, 2.24) is 29.3 Å². The third kappa shape index (κ3) is 10.0. The highest BCUT2D eigenvalue weighted by Crippen LogP contribution is 2.22. The van der Waals surface area contributed by atoms with Crippen LogP contribution in [-0.2, 0) is 33.8 Å². The highest BCUT2D eigenvalue weighted by atomic mass is 16.6. The van der Waals surface area contributed by atoms with Crippen molar-refractivity contribution in [1.29, 1.82) is 0 Å². The number of hydrogen-bond donors (Lipinski definition) is 3. The lowest BCUT2D eigenvalue weighted by Crippen LogP contribution is -2.47. The Morgan fingerprint density at radius 2 is 1.89 bits per heavy atom. The number of aryl methyl sites for hydroxylation is 1. The third-order valence-corrected chi connectivity index (χ3v) is 7.76. The van der Waals surface area contributed by atoms with Gasteiger partial charge in [0.05, 0.1) is 19.6 Å². The molecule has 13 nitrogen and oxygen atoms in total. The summed E-state index contributed by atoms with van der Waals surface area (Å²) in [7, 11) is 0. The van der Waals surface area contributed by atoms with Gasteiger partial charge in [-0.2, -0.15) is 9.97 Å². The lowest BCUT2D eigenvalue weighted by atomic mass is 10.0. The van der Waals surface area contributed by atoms with Crippen molar-refractivity contribution in [3.05, 3.63) is 45.9 Å². The van der Waals surface area contributed by atoms with Crippen LogP contribution in [0.25, 0.3) is 11.2 Å². The van der Waals surface area contributed by atoms with E-state index in [1.807, 2.05) is 45.0 Å². The number of aliphatic carboxylic acids is 1. The minimum absolute atomic E-state index is 0.0322. The van der Waals surface area contributed by atoms with Gasteiger partial charge in [-0.15, -0.1) is 0 Å². The number of ether oxygens (including phenoxy) is 2. The molecule has 0 amide bonds. The van der Waals surface area contributed by atoms with Gasteiger partial charge in [0.25, 0.3) is 0 Å². The number of aromatic amines is 1. The maximum atomic E-state index is 12.9. The van der Waals surface area contributed by atoms with Crippen LogP contribution < -0.4 is 16.2 Å². The first-order chi connectivity index (χ1) is 21.4. The Morgan fingerprint density at radius 3 is 2.58 bits per heavy atom. The van der Waals surface area contributed by atoms with Crippen molar-refractivity contribution in [2.45, 2.75) is 91.0 Å². The van der Waals surface area contributed by atoms with Gasteiger partial charge in [-0.25, -0.2) is 4.79 Å². The lowest BCUT2D eigenvalue weighted by molar-refractivity contribution is -0.156. The number of nitrogens with one attached hydrogen (secondary N) is 1. The van der Waals surface area contributed by atoms with E-state index in [2.05, 4.69) is 31.7 Å². The van der Waals surface area contributed by atoms with Crippen LogP contribution in [0, 0.1) is 0 Å². The number of anilines is 1. The highest BCUT2D eigenvalue weighted by molar-refractivity contribution is 5.81. The molecule has 2 aromatic heterocycles. The Hall–Kier alpha value is -3.97. The molecule has 45 heavy (non-hydrogen) atoms. The van der Waals surface area contributed by atoms with Crippen LogP contribution in [0.1, 0.15) is 70.9 Å². The molecule has 1 aliphatic heterocycles. The molecule has 1 fully saturated rings. The summed E-state index contributed by atoms with van der Waals surface area (Å²) in [5.74, 6) is -0.919. The summed E-state index contributed by atoms with van der Waals surface area (Å²) < 4.78 is 12.8. The minimum atomic E-state index is -0.867. The molecule has 1 aromatic carbocycles. The number of nitrogens with zero attached hydrogens (tertiary/aromatic N) is 5. The van der Waals surface area contributed by atoms with Crippen molar-refractivity contribution < 1.29 is 24.2 Å². The number of imidazole rings is 1. The molecule has 3 aromatic rings. The number of carboxylic acid groups (broad SMARTS) is 1. The Bertz CT molecular complexity index is 1500. The van der Waals surface area contributed by atoms with Crippen LogP contribution in [0.5, 0.6) is 6.01 Å². The summed E-state index contributed by atoms with van der Waals surface area (Å²) in [5.41, 5.74) is 7.90. The second-order valence-corrected chi connectivity index (χ2v) is 12.7. The number of likely N-dealkylation sites (tertiary alicyclic amines) is 1. The molecule has 4 rings (SSSR count). The van der Waals surface area contributed by atoms with E-state index < -0.39 is 11.6 Å². The summed E-state index contributed by atoms with van der Waals surface area (Å²) in [6, 6.07) is 8.09. The fourth-order valence-corrected chi connectivity index (χ4v) is 5.68. The molecule has 1 aliphatic rings. The fourth-order valence-electron chi connectivity index (χ4n) is 5.68. The topological polar surface area (TPSA) is 169 Å². The van der Waals surface area contributed by atoms with Gasteiger partial charge < -0.3 is 25.3 Å². The number of nitrogen functional groups attached to an aromatic ring is 1. The first kappa shape index (κ1) is 33.9. The Balaban J connectivity index is 1.46. The Kier molecular flexibility index (Phi) is 11.6. The molecule has 0 spiro atoms. The number of fused-ring (bicyclic) bond motifs is 1. The molecule has 0 aliphatic carbocycles. The summed E-state index contributed by atoms with van der Waals surface area (Å²) in [6.07, 6.45) is 4.19. The largest absolute Gasteiger partial charge is 0.481 e. The Labute approximate surface area is 263 Å². The number of nitrogens with two attached hydrogens (primary N) is 1. The van der Waals surface area contributed by atoms with Crippen LogP contribution in [0.15, 0.2) is 29.1 Å². The SMILES string of the molecule is CCCCOc1nc(N)c2[nH]c(=O)n(CCCN(Cc3cccc(CC(=O)O)c3)C3CCN(CC(=O)OC(C)(C)C)CC3)c2n1. The van der Waals surface area contributed by atoms with E-state index in [1.54, 1.807) is 4.57 Å². The number of unbranched alkanes of at least 4 members (excludes halogenated alkanes) is 1. The summed E-state index contributed by atoms with van der Waals surface area (Å²) in [4.78, 5) is 52.6. The molecular formula is C32H47N7O6.